The lowest BCUT2D eigenvalue weighted by molar-refractivity contribution is 0.428. The maximum Gasteiger partial charge on any atom is 0.126 e. The van der Waals surface area contributed by atoms with E-state index in [9.17, 15) is 0 Å². The van der Waals surface area contributed by atoms with E-state index in [0.29, 0.717) is 0 Å². The number of benzene rings is 1. The molecule has 0 bridgehead atoms. The molecule has 24 heavy (non-hydrogen) atoms. The molecule has 0 spiro atoms. The summed E-state index contributed by atoms with van der Waals surface area (Å²) in [6, 6.07) is 8.00. The van der Waals surface area contributed by atoms with Gasteiger partial charge in [-0.05, 0) is 55.7 Å². The number of ether oxygens (including phenoxy) is 1. The molecule has 0 atom stereocenters. The monoisotopic (exact) mass is 318 g/mol. The van der Waals surface area contributed by atoms with Gasteiger partial charge in [0.2, 0.25) is 0 Å². The molecule has 0 fully saturated rings. The zero-order valence-electron chi connectivity index (χ0n) is 14.9. The number of rotatable bonds is 8. The fraction of sp³-hybridized carbons (Fsp3) is 0.130. The van der Waals surface area contributed by atoms with Crippen molar-refractivity contribution < 1.29 is 4.74 Å². The number of hydrogen-bond donors (Lipinski definition) is 0. The molecule has 0 unspecified atom stereocenters. The molecule has 124 valence electrons. The molecule has 1 aromatic carbocycles. The van der Waals surface area contributed by atoms with Gasteiger partial charge in [-0.3, -0.25) is 0 Å². The van der Waals surface area contributed by atoms with E-state index in [1.54, 1.807) is 12.2 Å². The second kappa shape index (κ2) is 10.1. The minimum absolute atomic E-state index is 0.801. The summed E-state index contributed by atoms with van der Waals surface area (Å²) in [6.07, 6.45) is 13.5. The molecule has 1 rings (SSSR count). The van der Waals surface area contributed by atoms with Gasteiger partial charge < -0.3 is 4.74 Å². The molecule has 0 N–H and O–H groups in total. The van der Waals surface area contributed by atoms with Gasteiger partial charge >= 0.3 is 0 Å². The van der Waals surface area contributed by atoms with Gasteiger partial charge in [0.05, 0.1) is 0 Å². The molecule has 0 heterocycles. The third kappa shape index (κ3) is 6.13. The zero-order valence-corrected chi connectivity index (χ0v) is 14.9. The Bertz CT molecular complexity index is 707. The first-order chi connectivity index (χ1) is 11.5. The summed E-state index contributed by atoms with van der Waals surface area (Å²) >= 11 is 0. The molecular weight excluding hydrogens is 292 g/mol. The van der Waals surface area contributed by atoms with Crippen LogP contribution in [0.1, 0.15) is 26.3 Å². The quantitative estimate of drug-likeness (QED) is 0.378. The van der Waals surface area contributed by atoms with Gasteiger partial charge in [0, 0.05) is 0 Å². The van der Waals surface area contributed by atoms with Crippen LogP contribution in [0, 0.1) is 0 Å². The van der Waals surface area contributed by atoms with Gasteiger partial charge in [-0.15, -0.1) is 0 Å². The second-order valence-electron chi connectivity index (χ2n) is 5.37. The Morgan fingerprint density at radius 3 is 2.17 bits per heavy atom. The van der Waals surface area contributed by atoms with Gasteiger partial charge in [-0.1, -0.05) is 73.9 Å². The molecule has 0 aliphatic carbocycles. The van der Waals surface area contributed by atoms with E-state index in [0.717, 1.165) is 33.8 Å². The van der Waals surface area contributed by atoms with Crippen LogP contribution in [0.3, 0.4) is 0 Å². The molecule has 0 saturated carbocycles. The van der Waals surface area contributed by atoms with Crippen molar-refractivity contribution in [2.45, 2.75) is 20.8 Å². The lowest BCUT2D eigenvalue weighted by Gasteiger charge is -2.07. The fourth-order valence-electron chi connectivity index (χ4n) is 2.08. The SMILES string of the molecule is C=C/C=C(\C=C/C)c1ccc(O/C(C)=C/C=C(\C=C)C(=C)C)cc1. The lowest BCUT2D eigenvalue weighted by atomic mass is 10.0. The molecule has 1 heteroatoms. The Morgan fingerprint density at radius 2 is 1.67 bits per heavy atom. The highest BCUT2D eigenvalue weighted by Gasteiger charge is 2.00. The highest BCUT2D eigenvalue weighted by Crippen LogP contribution is 2.21. The van der Waals surface area contributed by atoms with Crippen molar-refractivity contribution >= 4 is 5.57 Å². The minimum Gasteiger partial charge on any atom is -0.462 e. The zero-order chi connectivity index (χ0) is 17.9. The highest BCUT2D eigenvalue weighted by atomic mass is 16.5. The van der Waals surface area contributed by atoms with E-state index in [2.05, 4.69) is 25.8 Å². The van der Waals surface area contributed by atoms with Crippen LogP contribution in [0.5, 0.6) is 5.75 Å². The standard InChI is InChI=1S/C23H26O/c1-7-10-21(11-8-2)22-14-16-23(17-15-22)24-19(6)12-13-20(9-3)18(4)5/h7-17H,1,3-4H2,2,5-6H3/b11-8-,19-12+,20-13+,21-10+. The van der Waals surface area contributed by atoms with Crippen molar-refractivity contribution in [3.8, 4) is 5.75 Å². The van der Waals surface area contributed by atoms with Gasteiger partial charge in [0.15, 0.2) is 0 Å². The van der Waals surface area contributed by atoms with Crippen molar-refractivity contribution in [3.05, 3.63) is 109 Å². The molecule has 0 saturated heterocycles. The van der Waals surface area contributed by atoms with E-state index in [1.807, 2.05) is 69.3 Å². The van der Waals surface area contributed by atoms with Crippen molar-refractivity contribution in [2.24, 2.45) is 0 Å². The largest absolute Gasteiger partial charge is 0.462 e. The molecule has 1 aromatic rings. The summed E-state index contributed by atoms with van der Waals surface area (Å²) in [7, 11) is 0. The number of allylic oxidation sites excluding steroid dienone is 11. The molecule has 1 nitrogen and oxygen atoms in total. The fourth-order valence-corrected chi connectivity index (χ4v) is 2.08. The molecule has 0 amide bonds. The van der Waals surface area contributed by atoms with E-state index in [1.165, 1.54) is 0 Å². The molecule has 0 aliphatic heterocycles. The van der Waals surface area contributed by atoms with Crippen LogP contribution in [0.15, 0.2) is 103 Å². The minimum atomic E-state index is 0.801. The summed E-state index contributed by atoms with van der Waals surface area (Å²) < 4.78 is 5.84. The molecular formula is C23H26O. The summed E-state index contributed by atoms with van der Waals surface area (Å²) in [6.45, 7) is 17.3. The molecule has 0 radical (unpaired) electrons. The Balaban J connectivity index is 2.90. The van der Waals surface area contributed by atoms with Crippen LogP contribution in [0.4, 0.5) is 0 Å². The molecule has 0 aliphatic rings. The first kappa shape index (κ1) is 19.2. The van der Waals surface area contributed by atoms with Gasteiger partial charge in [-0.2, -0.15) is 0 Å². The van der Waals surface area contributed by atoms with Crippen molar-refractivity contribution in [2.75, 3.05) is 0 Å². The van der Waals surface area contributed by atoms with E-state index < -0.39 is 0 Å². The first-order valence-electron chi connectivity index (χ1n) is 7.92. The Kier molecular flexibility index (Phi) is 8.07. The van der Waals surface area contributed by atoms with Crippen molar-refractivity contribution in [1.82, 2.24) is 0 Å². The Morgan fingerprint density at radius 1 is 1.00 bits per heavy atom. The molecule has 0 aromatic heterocycles. The van der Waals surface area contributed by atoms with Crippen LogP contribution >= 0.6 is 0 Å². The summed E-state index contributed by atoms with van der Waals surface area (Å²) in [5.74, 6) is 1.61. The normalized spacial score (nSPS) is 13.0. The van der Waals surface area contributed by atoms with Gasteiger partial charge in [-0.25, -0.2) is 0 Å². The first-order valence-corrected chi connectivity index (χ1v) is 7.92. The summed E-state index contributed by atoms with van der Waals surface area (Å²) in [4.78, 5) is 0. The summed E-state index contributed by atoms with van der Waals surface area (Å²) in [5, 5.41) is 0. The highest BCUT2D eigenvalue weighted by molar-refractivity contribution is 5.75. The third-order valence-electron chi connectivity index (χ3n) is 3.32. The van der Waals surface area contributed by atoms with Gasteiger partial charge in [0.1, 0.15) is 11.5 Å². The van der Waals surface area contributed by atoms with Crippen LogP contribution in [0.2, 0.25) is 0 Å². The van der Waals surface area contributed by atoms with Gasteiger partial charge in [0.25, 0.3) is 0 Å². The smallest absolute Gasteiger partial charge is 0.126 e. The topological polar surface area (TPSA) is 9.23 Å². The van der Waals surface area contributed by atoms with Crippen molar-refractivity contribution in [3.63, 3.8) is 0 Å². The van der Waals surface area contributed by atoms with E-state index in [4.69, 9.17) is 4.74 Å². The lowest BCUT2D eigenvalue weighted by Crippen LogP contribution is -1.91. The van der Waals surface area contributed by atoms with E-state index in [-0.39, 0.29) is 0 Å². The Labute approximate surface area is 146 Å². The van der Waals surface area contributed by atoms with Crippen LogP contribution in [0.25, 0.3) is 5.57 Å². The van der Waals surface area contributed by atoms with Crippen molar-refractivity contribution in [1.29, 1.82) is 0 Å². The van der Waals surface area contributed by atoms with Crippen LogP contribution in [-0.4, -0.2) is 0 Å². The van der Waals surface area contributed by atoms with Crippen LogP contribution in [-0.2, 0) is 0 Å². The third-order valence-corrected chi connectivity index (χ3v) is 3.32. The average molecular weight is 318 g/mol. The second-order valence-corrected chi connectivity index (χ2v) is 5.37. The maximum absolute atomic E-state index is 5.84. The predicted molar refractivity (Wildman–Crippen MR) is 107 cm³/mol. The Hall–Kier alpha value is -2.80. The summed E-state index contributed by atoms with van der Waals surface area (Å²) in [5.41, 5.74) is 4.22. The predicted octanol–water partition coefficient (Wildman–Crippen LogP) is 6.80. The maximum atomic E-state index is 5.84. The van der Waals surface area contributed by atoms with Crippen LogP contribution < -0.4 is 4.74 Å². The average Bonchev–Trinajstić information content (AvgIpc) is 2.55. The van der Waals surface area contributed by atoms with E-state index >= 15 is 0 Å². The number of hydrogen-bond acceptors (Lipinski definition) is 1.